The highest BCUT2D eigenvalue weighted by molar-refractivity contribution is 9.10. The van der Waals surface area contributed by atoms with Gasteiger partial charge in [0.05, 0.1) is 27.7 Å². The number of hydrogen-bond donors (Lipinski definition) is 1. The van der Waals surface area contributed by atoms with Crippen molar-refractivity contribution in [2.45, 2.75) is 24.5 Å². The molecule has 0 saturated heterocycles. The van der Waals surface area contributed by atoms with Crippen LogP contribution in [0.15, 0.2) is 33.8 Å². The van der Waals surface area contributed by atoms with E-state index in [4.69, 9.17) is 4.74 Å². The van der Waals surface area contributed by atoms with E-state index in [1.165, 1.54) is 32.2 Å². The number of aryl methyl sites for hydroxylation is 1. The van der Waals surface area contributed by atoms with Gasteiger partial charge in [0.15, 0.2) is 0 Å². The van der Waals surface area contributed by atoms with E-state index in [9.17, 15) is 26.4 Å². The van der Waals surface area contributed by atoms with Crippen molar-refractivity contribution in [3.8, 4) is 5.75 Å². The third kappa shape index (κ3) is 4.75. The molecule has 0 unspecified atom stereocenters. The number of nitrogens with zero attached hydrogens (tertiary/aromatic N) is 2. The number of rotatable bonds is 5. The Hall–Kier alpha value is -2.08. The lowest BCUT2D eigenvalue weighted by atomic mass is 10.2. The Balaban J connectivity index is 2.26. The van der Waals surface area contributed by atoms with Crippen LogP contribution in [0.1, 0.15) is 16.1 Å². The molecule has 2 rings (SSSR count). The predicted octanol–water partition coefficient (Wildman–Crippen LogP) is 2.64. The lowest BCUT2D eigenvalue weighted by Gasteiger charge is -2.09. The number of amides is 1. The SMILES string of the molecule is COc1cc(S(=O)(=O)NC(=O)c2cn(CC(F)(F)F)nc2C)ccc1Br. The first-order valence-corrected chi connectivity index (χ1v) is 9.22. The molecule has 0 aliphatic rings. The quantitative estimate of drug-likeness (QED) is 0.748. The molecule has 0 aliphatic heterocycles. The molecule has 1 heterocycles. The third-order valence-corrected chi connectivity index (χ3v) is 5.18. The Morgan fingerprint density at radius 3 is 2.62 bits per heavy atom. The Morgan fingerprint density at radius 1 is 1.38 bits per heavy atom. The summed E-state index contributed by atoms with van der Waals surface area (Å²) < 4.78 is 69.7. The van der Waals surface area contributed by atoms with Crippen molar-refractivity contribution in [1.82, 2.24) is 14.5 Å². The molecular weight excluding hydrogens is 443 g/mol. The van der Waals surface area contributed by atoms with E-state index in [0.717, 1.165) is 6.20 Å². The second-order valence-electron chi connectivity index (χ2n) is 5.17. The van der Waals surface area contributed by atoms with E-state index >= 15 is 0 Å². The fraction of sp³-hybridized carbons (Fsp3) is 0.286. The summed E-state index contributed by atoms with van der Waals surface area (Å²) in [5.41, 5.74) is -0.308. The second kappa shape index (κ2) is 7.27. The molecule has 142 valence electrons. The monoisotopic (exact) mass is 455 g/mol. The molecule has 0 aliphatic carbocycles. The summed E-state index contributed by atoms with van der Waals surface area (Å²) in [5, 5.41) is 3.57. The van der Waals surface area contributed by atoms with Gasteiger partial charge in [-0.3, -0.25) is 9.48 Å². The molecule has 0 fully saturated rings. The summed E-state index contributed by atoms with van der Waals surface area (Å²) in [6.07, 6.45) is -3.68. The summed E-state index contributed by atoms with van der Waals surface area (Å²) in [6.45, 7) is -0.0884. The zero-order valence-corrected chi connectivity index (χ0v) is 15.9. The zero-order valence-electron chi connectivity index (χ0n) is 13.5. The number of hydrogen-bond acceptors (Lipinski definition) is 5. The Kier molecular flexibility index (Phi) is 5.66. The predicted molar refractivity (Wildman–Crippen MR) is 88.4 cm³/mol. The van der Waals surface area contributed by atoms with Crippen LogP contribution in [0.3, 0.4) is 0 Å². The van der Waals surface area contributed by atoms with Gasteiger partial charge in [-0.05, 0) is 35.0 Å². The molecule has 2 aromatic rings. The van der Waals surface area contributed by atoms with Gasteiger partial charge in [-0.15, -0.1) is 0 Å². The van der Waals surface area contributed by atoms with Gasteiger partial charge in [0, 0.05) is 12.3 Å². The lowest BCUT2D eigenvalue weighted by Crippen LogP contribution is -2.30. The van der Waals surface area contributed by atoms with Gasteiger partial charge in [0.1, 0.15) is 12.3 Å². The summed E-state index contributed by atoms with van der Waals surface area (Å²) in [4.78, 5) is 11.9. The topological polar surface area (TPSA) is 90.3 Å². The maximum absolute atomic E-state index is 12.4. The number of carbonyl (C=O) groups is 1. The van der Waals surface area contributed by atoms with Crippen LogP contribution in [-0.4, -0.2) is 37.4 Å². The summed E-state index contributed by atoms with van der Waals surface area (Å²) in [5.74, 6) is -0.854. The molecule has 1 aromatic heterocycles. The van der Waals surface area contributed by atoms with Crippen molar-refractivity contribution in [3.05, 3.63) is 40.1 Å². The highest BCUT2D eigenvalue weighted by Crippen LogP contribution is 2.27. The van der Waals surface area contributed by atoms with Crippen molar-refractivity contribution in [2.75, 3.05) is 7.11 Å². The molecule has 26 heavy (non-hydrogen) atoms. The molecular formula is C14H13BrF3N3O4S. The van der Waals surface area contributed by atoms with Gasteiger partial charge in [-0.1, -0.05) is 0 Å². The van der Waals surface area contributed by atoms with Gasteiger partial charge >= 0.3 is 6.18 Å². The van der Waals surface area contributed by atoms with Crippen LogP contribution in [-0.2, 0) is 16.6 Å². The van der Waals surface area contributed by atoms with Crippen molar-refractivity contribution in [3.63, 3.8) is 0 Å². The maximum Gasteiger partial charge on any atom is 0.408 e. The highest BCUT2D eigenvalue weighted by Gasteiger charge is 2.30. The van der Waals surface area contributed by atoms with Crippen molar-refractivity contribution >= 4 is 31.9 Å². The number of methoxy groups -OCH3 is 1. The molecule has 0 spiro atoms. The van der Waals surface area contributed by atoms with Crippen molar-refractivity contribution in [1.29, 1.82) is 0 Å². The van der Waals surface area contributed by atoms with Gasteiger partial charge in [-0.2, -0.15) is 18.3 Å². The second-order valence-corrected chi connectivity index (χ2v) is 7.71. The third-order valence-electron chi connectivity index (χ3n) is 3.19. The van der Waals surface area contributed by atoms with E-state index in [1.54, 1.807) is 4.72 Å². The van der Waals surface area contributed by atoms with Crippen molar-refractivity contribution in [2.24, 2.45) is 0 Å². The first kappa shape index (κ1) is 20.2. The van der Waals surface area contributed by atoms with Gasteiger partial charge < -0.3 is 4.74 Å². The number of aromatic nitrogens is 2. The van der Waals surface area contributed by atoms with Crippen LogP contribution < -0.4 is 9.46 Å². The van der Waals surface area contributed by atoms with Gasteiger partial charge in [0.2, 0.25) is 0 Å². The molecule has 12 heteroatoms. The minimum Gasteiger partial charge on any atom is -0.496 e. The fourth-order valence-corrected chi connectivity index (χ4v) is 3.44. The molecule has 0 radical (unpaired) electrons. The van der Waals surface area contributed by atoms with Crippen LogP contribution in [0, 0.1) is 6.92 Å². The maximum atomic E-state index is 12.4. The standard InChI is InChI=1S/C14H13BrF3N3O4S/c1-8-10(6-21(19-8)7-14(16,17)18)13(22)20-26(23,24)9-3-4-11(15)12(5-9)25-2/h3-6H,7H2,1-2H3,(H,20,22). The van der Waals surface area contributed by atoms with Gasteiger partial charge in [-0.25, -0.2) is 13.1 Å². The van der Waals surface area contributed by atoms with Gasteiger partial charge in [0.25, 0.3) is 15.9 Å². The fourth-order valence-electron chi connectivity index (χ4n) is 2.05. The number of ether oxygens (including phenoxy) is 1. The van der Waals surface area contributed by atoms with E-state index in [1.807, 2.05) is 0 Å². The Labute approximate surface area is 155 Å². The van der Waals surface area contributed by atoms with E-state index in [0.29, 0.717) is 9.15 Å². The number of nitrogens with one attached hydrogen (secondary N) is 1. The normalized spacial score (nSPS) is 12.1. The van der Waals surface area contributed by atoms with E-state index in [-0.39, 0.29) is 21.9 Å². The highest BCUT2D eigenvalue weighted by atomic mass is 79.9. The van der Waals surface area contributed by atoms with Crippen LogP contribution in [0.2, 0.25) is 0 Å². The van der Waals surface area contributed by atoms with E-state index < -0.39 is 28.7 Å². The molecule has 0 saturated carbocycles. The smallest absolute Gasteiger partial charge is 0.408 e. The first-order valence-electron chi connectivity index (χ1n) is 6.94. The molecule has 0 bridgehead atoms. The number of carbonyl (C=O) groups excluding carboxylic acids is 1. The van der Waals surface area contributed by atoms with E-state index in [2.05, 4.69) is 21.0 Å². The number of alkyl halides is 3. The average Bonchev–Trinajstić information content (AvgIpc) is 2.85. The van der Waals surface area contributed by atoms with Crippen LogP contribution in [0.25, 0.3) is 0 Å². The molecule has 7 nitrogen and oxygen atoms in total. The molecule has 0 atom stereocenters. The number of sulfonamides is 1. The largest absolute Gasteiger partial charge is 0.496 e. The molecule has 1 aromatic carbocycles. The summed E-state index contributed by atoms with van der Waals surface area (Å²) in [7, 11) is -2.92. The minimum absolute atomic E-state index is 0.0321. The average molecular weight is 456 g/mol. The summed E-state index contributed by atoms with van der Waals surface area (Å²) >= 11 is 3.17. The summed E-state index contributed by atoms with van der Waals surface area (Å²) in [6, 6.07) is 3.85. The minimum atomic E-state index is -4.52. The first-order chi connectivity index (χ1) is 11.9. The van der Waals surface area contributed by atoms with Crippen LogP contribution in [0.4, 0.5) is 13.2 Å². The lowest BCUT2D eigenvalue weighted by molar-refractivity contribution is -0.142. The molecule has 1 amide bonds. The Bertz CT molecular complexity index is 941. The molecule has 1 N–H and O–H groups in total. The number of halogens is 4. The van der Waals surface area contributed by atoms with Crippen LogP contribution in [0.5, 0.6) is 5.75 Å². The Morgan fingerprint density at radius 2 is 2.04 bits per heavy atom. The zero-order chi connectivity index (χ0) is 19.7. The van der Waals surface area contributed by atoms with Crippen molar-refractivity contribution < 1.29 is 31.1 Å². The number of benzene rings is 1. The van der Waals surface area contributed by atoms with Crippen LogP contribution >= 0.6 is 15.9 Å².